The van der Waals surface area contributed by atoms with E-state index in [2.05, 4.69) is 5.32 Å². The maximum atomic E-state index is 11.7. The number of halogens is 2. The number of rotatable bonds is 7. The van der Waals surface area contributed by atoms with E-state index in [1.165, 1.54) is 19.3 Å². The number of carbonyl (C=O) groups excluding carboxylic acids is 1. The summed E-state index contributed by atoms with van der Waals surface area (Å²) in [6.07, 6.45) is 2.86. The monoisotopic (exact) mass is 331 g/mol. The molecule has 0 saturated carbocycles. The minimum atomic E-state index is -1.12. The predicted molar refractivity (Wildman–Crippen MR) is 81.6 cm³/mol. The summed E-state index contributed by atoms with van der Waals surface area (Å²) in [5.74, 6) is -1.65. The highest BCUT2D eigenvalue weighted by atomic mass is 35.5. The highest BCUT2D eigenvalue weighted by Gasteiger charge is 2.18. The number of aliphatic carboxylic acids is 1. The molecule has 114 valence electrons. The standard InChI is InChI=1S/C14H15Cl2NO4/c1-21-8-7-11(14(19)20)17-12(18)6-5-9-3-2-4-10(15)13(9)16/h2-6,11H,7-8H2,1H3,(H,17,18)(H,19,20). The molecule has 1 rings (SSSR count). The van der Waals surface area contributed by atoms with Gasteiger partial charge in [-0.25, -0.2) is 4.79 Å². The van der Waals surface area contributed by atoms with Gasteiger partial charge in [-0.2, -0.15) is 0 Å². The Balaban J connectivity index is 2.69. The lowest BCUT2D eigenvalue weighted by Crippen LogP contribution is -2.40. The van der Waals surface area contributed by atoms with Crippen molar-refractivity contribution in [2.45, 2.75) is 12.5 Å². The van der Waals surface area contributed by atoms with E-state index in [1.807, 2.05) is 0 Å². The molecule has 0 aliphatic carbocycles. The average molecular weight is 332 g/mol. The van der Waals surface area contributed by atoms with Crippen molar-refractivity contribution in [3.63, 3.8) is 0 Å². The van der Waals surface area contributed by atoms with E-state index < -0.39 is 17.9 Å². The summed E-state index contributed by atoms with van der Waals surface area (Å²) in [7, 11) is 1.46. The number of hydrogen-bond donors (Lipinski definition) is 2. The summed E-state index contributed by atoms with van der Waals surface area (Å²) >= 11 is 11.8. The maximum absolute atomic E-state index is 11.7. The highest BCUT2D eigenvalue weighted by molar-refractivity contribution is 6.42. The Morgan fingerprint density at radius 3 is 2.76 bits per heavy atom. The molecule has 0 fully saturated rings. The molecule has 0 aliphatic heterocycles. The second-order valence-corrected chi connectivity index (χ2v) is 4.94. The molecule has 1 aromatic carbocycles. The first-order valence-corrected chi connectivity index (χ1v) is 6.85. The van der Waals surface area contributed by atoms with Gasteiger partial charge in [0.15, 0.2) is 0 Å². The number of carboxylic acid groups (broad SMARTS) is 1. The minimum Gasteiger partial charge on any atom is -0.480 e. The van der Waals surface area contributed by atoms with Crippen LogP contribution in [0.2, 0.25) is 10.0 Å². The first-order valence-electron chi connectivity index (χ1n) is 6.10. The number of hydrogen-bond acceptors (Lipinski definition) is 3. The van der Waals surface area contributed by atoms with Crippen LogP contribution in [0.3, 0.4) is 0 Å². The number of carboxylic acids is 1. The van der Waals surface area contributed by atoms with Crippen LogP contribution in [0.15, 0.2) is 24.3 Å². The Morgan fingerprint density at radius 1 is 1.43 bits per heavy atom. The molecule has 0 spiro atoms. The first-order chi connectivity index (χ1) is 9.95. The quantitative estimate of drug-likeness (QED) is 0.753. The Morgan fingerprint density at radius 2 is 2.14 bits per heavy atom. The maximum Gasteiger partial charge on any atom is 0.326 e. The third kappa shape index (κ3) is 5.75. The summed E-state index contributed by atoms with van der Waals surface area (Å²) in [5.41, 5.74) is 0.572. The summed E-state index contributed by atoms with van der Waals surface area (Å²) in [5, 5.41) is 12.1. The van der Waals surface area contributed by atoms with Crippen LogP contribution in [0.4, 0.5) is 0 Å². The Kier molecular flexibility index (Phi) is 7.22. The zero-order chi connectivity index (χ0) is 15.8. The molecule has 5 nitrogen and oxygen atoms in total. The van der Waals surface area contributed by atoms with Crippen molar-refractivity contribution in [1.82, 2.24) is 5.32 Å². The largest absolute Gasteiger partial charge is 0.480 e. The molecule has 0 bridgehead atoms. The molecular weight excluding hydrogens is 317 g/mol. The zero-order valence-electron chi connectivity index (χ0n) is 11.3. The number of carbonyl (C=O) groups is 2. The van der Waals surface area contributed by atoms with Crippen LogP contribution in [0.5, 0.6) is 0 Å². The molecule has 7 heteroatoms. The van der Waals surface area contributed by atoms with E-state index in [0.717, 1.165) is 0 Å². The summed E-state index contributed by atoms with van der Waals surface area (Å²) in [6, 6.07) is 4.02. The second kappa shape index (κ2) is 8.67. The van der Waals surface area contributed by atoms with Crippen LogP contribution in [-0.2, 0) is 14.3 Å². The molecule has 21 heavy (non-hydrogen) atoms. The average Bonchev–Trinajstić information content (AvgIpc) is 2.44. The molecule has 1 aromatic rings. The van der Waals surface area contributed by atoms with Gasteiger partial charge in [0.25, 0.3) is 0 Å². The number of ether oxygens (including phenoxy) is 1. The third-order valence-electron chi connectivity index (χ3n) is 2.62. The van der Waals surface area contributed by atoms with E-state index in [0.29, 0.717) is 15.6 Å². The number of nitrogens with one attached hydrogen (secondary N) is 1. The molecule has 0 heterocycles. The molecule has 0 radical (unpaired) electrons. The molecule has 1 unspecified atom stereocenters. The van der Waals surface area contributed by atoms with Crippen LogP contribution in [0.1, 0.15) is 12.0 Å². The molecule has 2 N–H and O–H groups in total. The summed E-state index contributed by atoms with van der Waals surface area (Å²) < 4.78 is 4.80. The fourth-order valence-corrected chi connectivity index (χ4v) is 1.90. The Bertz CT molecular complexity index is 546. The van der Waals surface area contributed by atoms with E-state index in [9.17, 15) is 9.59 Å². The smallest absolute Gasteiger partial charge is 0.326 e. The van der Waals surface area contributed by atoms with Gasteiger partial charge in [0.05, 0.1) is 10.0 Å². The van der Waals surface area contributed by atoms with Crippen LogP contribution in [0, 0.1) is 0 Å². The van der Waals surface area contributed by atoms with Gasteiger partial charge in [-0.3, -0.25) is 4.79 Å². The molecule has 0 aromatic heterocycles. The SMILES string of the molecule is COCCC(NC(=O)C=Cc1cccc(Cl)c1Cl)C(=O)O. The number of amides is 1. The fourth-order valence-electron chi connectivity index (χ4n) is 1.53. The normalized spacial score (nSPS) is 12.3. The van der Waals surface area contributed by atoms with Crippen molar-refractivity contribution < 1.29 is 19.4 Å². The number of benzene rings is 1. The van der Waals surface area contributed by atoms with Crippen molar-refractivity contribution in [2.75, 3.05) is 13.7 Å². The lowest BCUT2D eigenvalue weighted by atomic mass is 10.2. The van der Waals surface area contributed by atoms with Gasteiger partial charge in [-0.05, 0) is 17.7 Å². The van der Waals surface area contributed by atoms with Gasteiger partial charge < -0.3 is 15.2 Å². The highest BCUT2D eigenvalue weighted by Crippen LogP contribution is 2.26. The summed E-state index contributed by atoms with van der Waals surface area (Å²) in [4.78, 5) is 22.7. The van der Waals surface area contributed by atoms with E-state index in [1.54, 1.807) is 18.2 Å². The lowest BCUT2D eigenvalue weighted by molar-refractivity contribution is -0.141. The van der Waals surface area contributed by atoms with Crippen LogP contribution >= 0.6 is 23.2 Å². The van der Waals surface area contributed by atoms with Crippen LogP contribution in [0.25, 0.3) is 6.08 Å². The van der Waals surface area contributed by atoms with Crippen LogP contribution < -0.4 is 5.32 Å². The van der Waals surface area contributed by atoms with Gasteiger partial charge in [-0.15, -0.1) is 0 Å². The van der Waals surface area contributed by atoms with E-state index in [-0.39, 0.29) is 13.0 Å². The second-order valence-electron chi connectivity index (χ2n) is 4.16. The van der Waals surface area contributed by atoms with Crippen molar-refractivity contribution in [1.29, 1.82) is 0 Å². The van der Waals surface area contributed by atoms with Gasteiger partial charge in [0, 0.05) is 26.2 Å². The summed E-state index contributed by atoms with van der Waals surface area (Å²) in [6.45, 7) is 0.237. The van der Waals surface area contributed by atoms with Gasteiger partial charge in [0.2, 0.25) is 5.91 Å². The fraction of sp³-hybridized carbons (Fsp3) is 0.286. The molecule has 1 atom stereocenters. The van der Waals surface area contributed by atoms with Crippen molar-refractivity contribution in [2.24, 2.45) is 0 Å². The van der Waals surface area contributed by atoms with Crippen molar-refractivity contribution in [3.05, 3.63) is 39.9 Å². The molecule has 1 amide bonds. The van der Waals surface area contributed by atoms with Gasteiger partial charge in [0.1, 0.15) is 6.04 Å². The number of methoxy groups -OCH3 is 1. The van der Waals surface area contributed by atoms with Crippen LogP contribution in [-0.4, -0.2) is 36.7 Å². The lowest BCUT2D eigenvalue weighted by Gasteiger charge is -2.12. The Hall–Kier alpha value is -1.56. The molecular formula is C14H15Cl2NO4. The van der Waals surface area contributed by atoms with E-state index >= 15 is 0 Å². The van der Waals surface area contributed by atoms with Gasteiger partial charge in [-0.1, -0.05) is 35.3 Å². The first kappa shape index (κ1) is 17.5. The predicted octanol–water partition coefficient (Wildman–Crippen LogP) is 2.61. The Labute approximate surface area is 132 Å². The van der Waals surface area contributed by atoms with Crippen molar-refractivity contribution in [3.8, 4) is 0 Å². The topological polar surface area (TPSA) is 75.6 Å². The molecule has 0 saturated heterocycles. The minimum absolute atomic E-state index is 0.184. The zero-order valence-corrected chi connectivity index (χ0v) is 12.8. The third-order valence-corrected chi connectivity index (χ3v) is 3.45. The van der Waals surface area contributed by atoms with E-state index in [4.69, 9.17) is 33.0 Å². The van der Waals surface area contributed by atoms with Crippen molar-refractivity contribution >= 4 is 41.2 Å². The van der Waals surface area contributed by atoms with Gasteiger partial charge >= 0.3 is 5.97 Å². The molecule has 0 aliphatic rings.